The number of hydrogen-bond acceptors (Lipinski definition) is 3. The highest BCUT2D eigenvalue weighted by Crippen LogP contribution is 2.40. The number of carbonyl (C=O) groups is 2. The van der Waals surface area contributed by atoms with Crippen molar-refractivity contribution in [2.24, 2.45) is 5.92 Å². The van der Waals surface area contributed by atoms with E-state index < -0.39 is 12.0 Å². The quantitative estimate of drug-likeness (QED) is 0.905. The standard InChI is InChI=1S/C14H17NO3S/c16-13(12-6-3-7-19-12)15-10-5-2-1-4-9(10)8-11(15)14(17)18/h3,6-7,9-11H,1-2,4-5,8H2,(H,17,18). The maximum absolute atomic E-state index is 12.6. The van der Waals surface area contributed by atoms with Gasteiger partial charge in [0.25, 0.3) is 5.91 Å². The topological polar surface area (TPSA) is 57.6 Å². The molecule has 1 aromatic rings. The van der Waals surface area contributed by atoms with E-state index in [4.69, 9.17) is 0 Å². The number of carboxylic acid groups (broad SMARTS) is 1. The fourth-order valence-electron chi connectivity index (χ4n) is 3.50. The van der Waals surface area contributed by atoms with Gasteiger partial charge in [0.15, 0.2) is 0 Å². The first kappa shape index (κ1) is 12.7. The summed E-state index contributed by atoms with van der Waals surface area (Å²) in [5.74, 6) is -0.588. The van der Waals surface area contributed by atoms with Crippen LogP contribution in [-0.4, -0.2) is 34.0 Å². The van der Waals surface area contributed by atoms with Crippen LogP contribution < -0.4 is 0 Å². The number of likely N-dealkylation sites (tertiary alicyclic amines) is 1. The molecule has 1 amide bonds. The second kappa shape index (κ2) is 4.96. The van der Waals surface area contributed by atoms with Crippen molar-refractivity contribution in [3.8, 4) is 0 Å². The van der Waals surface area contributed by atoms with Crippen LogP contribution in [0, 0.1) is 5.92 Å². The molecule has 0 bridgehead atoms. The number of nitrogens with zero attached hydrogens (tertiary/aromatic N) is 1. The minimum atomic E-state index is -0.862. The lowest BCUT2D eigenvalue weighted by molar-refractivity contribution is -0.141. The Balaban J connectivity index is 1.90. The molecular formula is C14H17NO3S. The Labute approximate surface area is 116 Å². The largest absolute Gasteiger partial charge is 0.480 e. The molecule has 1 aliphatic carbocycles. The van der Waals surface area contributed by atoms with Gasteiger partial charge in [0.05, 0.1) is 4.88 Å². The third-order valence-electron chi connectivity index (χ3n) is 4.34. The summed E-state index contributed by atoms with van der Waals surface area (Å²) in [6, 6.07) is 3.11. The van der Waals surface area contributed by atoms with Crippen molar-refractivity contribution in [3.63, 3.8) is 0 Å². The van der Waals surface area contributed by atoms with E-state index in [-0.39, 0.29) is 11.9 Å². The zero-order valence-corrected chi connectivity index (χ0v) is 11.4. The van der Waals surface area contributed by atoms with Crippen LogP contribution in [0.3, 0.4) is 0 Å². The summed E-state index contributed by atoms with van der Waals surface area (Å²) in [4.78, 5) is 26.3. The van der Waals surface area contributed by atoms with Crippen molar-refractivity contribution in [2.75, 3.05) is 0 Å². The van der Waals surface area contributed by atoms with Gasteiger partial charge in [-0.2, -0.15) is 0 Å². The van der Waals surface area contributed by atoms with E-state index in [2.05, 4.69) is 0 Å². The lowest BCUT2D eigenvalue weighted by atomic mass is 9.85. The van der Waals surface area contributed by atoms with E-state index in [1.165, 1.54) is 11.3 Å². The Kier molecular flexibility index (Phi) is 3.31. The first-order valence-electron chi connectivity index (χ1n) is 6.77. The van der Waals surface area contributed by atoms with Crippen LogP contribution in [0.5, 0.6) is 0 Å². The molecule has 1 aromatic heterocycles. The van der Waals surface area contributed by atoms with Crippen LogP contribution in [-0.2, 0) is 4.79 Å². The number of carbonyl (C=O) groups excluding carboxylic acids is 1. The van der Waals surface area contributed by atoms with Crippen molar-refractivity contribution in [1.82, 2.24) is 4.90 Å². The summed E-state index contributed by atoms with van der Waals surface area (Å²) in [5.41, 5.74) is 0. The average Bonchev–Trinajstić information content (AvgIpc) is 3.05. The Morgan fingerprint density at radius 1 is 1.32 bits per heavy atom. The SMILES string of the molecule is O=C(O)C1CC2CCCCC2N1C(=O)c1cccs1. The molecule has 2 fully saturated rings. The Morgan fingerprint density at radius 2 is 2.11 bits per heavy atom. The van der Waals surface area contributed by atoms with Gasteiger partial charge in [-0.25, -0.2) is 4.79 Å². The molecule has 3 unspecified atom stereocenters. The first-order chi connectivity index (χ1) is 9.18. The zero-order valence-electron chi connectivity index (χ0n) is 10.6. The fourth-order valence-corrected chi connectivity index (χ4v) is 4.17. The first-order valence-corrected chi connectivity index (χ1v) is 7.65. The van der Waals surface area contributed by atoms with Gasteiger partial charge in [-0.3, -0.25) is 4.79 Å². The third kappa shape index (κ3) is 2.16. The molecule has 1 saturated carbocycles. The van der Waals surface area contributed by atoms with Crippen molar-refractivity contribution < 1.29 is 14.7 Å². The number of carboxylic acids is 1. The number of aliphatic carboxylic acids is 1. The second-order valence-electron chi connectivity index (χ2n) is 5.39. The number of hydrogen-bond donors (Lipinski definition) is 1. The van der Waals surface area contributed by atoms with Gasteiger partial charge in [-0.1, -0.05) is 18.9 Å². The molecule has 5 heteroatoms. The minimum Gasteiger partial charge on any atom is -0.480 e. The minimum absolute atomic E-state index is 0.100. The lowest BCUT2D eigenvalue weighted by Crippen LogP contribution is -2.45. The summed E-state index contributed by atoms with van der Waals surface area (Å²) < 4.78 is 0. The van der Waals surface area contributed by atoms with Crippen LogP contribution >= 0.6 is 11.3 Å². The summed E-state index contributed by atoms with van der Waals surface area (Å²) >= 11 is 1.39. The van der Waals surface area contributed by atoms with Crippen molar-refractivity contribution in [3.05, 3.63) is 22.4 Å². The smallest absolute Gasteiger partial charge is 0.326 e. The van der Waals surface area contributed by atoms with Gasteiger partial charge >= 0.3 is 5.97 Å². The molecule has 0 aromatic carbocycles. The van der Waals surface area contributed by atoms with Crippen molar-refractivity contribution in [1.29, 1.82) is 0 Å². The normalized spacial score (nSPS) is 30.1. The van der Waals surface area contributed by atoms with Crippen LogP contribution in [0.2, 0.25) is 0 Å². The zero-order chi connectivity index (χ0) is 13.4. The van der Waals surface area contributed by atoms with E-state index in [0.29, 0.717) is 17.2 Å². The second-order valence-corrected chi connectivity index (χ2v) is 6.34. The highest BCUT2D eigenvalue weighted by Gasteiger charge is 2.47. The van der Waals surface area contributed by atoms with Crippen molar-refractivity contribution >= 4 is 23.2 Å². The van der Waals surface area contributed by atoms with E-state index in [9.17, 15) is 14.7 Å². The maximum Gasteiger partial charge on any atom is 0.326 e. The Hall–Kier alpha value is -1.36. The highest BCUT2D eigenvalue weighted by atomic mass is 32.1. The third-order valence-corrected chi connectivity index (χ3v) is 5.20. The summed E-state index contributed by atoms with van der Waals surface area (Å²) in [7, 11) is 0. The van der Waals surface area contributed by atoms with Crippen LogP contribution in [0.1, 0.15) is 41.8 Å². The molecule has 2 aliphatic rings. The average molecular weight is 279 g/mol. The number of rotatable bonds is 2. The van der Waals surface area contributed by atoms with Crippen LogP contribution in [0.4, 0.5) is 0 Å². The van der Waals surface area contributed by atoms with E-state index >= 15 is 0 Å². The van der Waals surface area contributed by atoms with Gasteiger partial charge in [-0.15, -0.1) is 11.3 Å². The van der Waals surface area contributed by atoms with Gasteiger partial charge in [0.2, 0.25) is 0 Å². The molecule has 2 heterocycles. The summed E-state index contributed by atoms with van der Waals surface area (Å²) in [6.07, 6.45) is 4.89. The molecule has 4 nitrogen and oxygen atoms in total. The number of amides is 1. The molecule has 3 atom stereocenters. The fraction of sp³-hybridized carbons (Fsp3) is 0.571. The Bertz CT molecular complexity index is 485. The number of thiophene rings is 1. The molecular weight excluding hydrogens is 262 g/mol. The van der Waals surface area contributed by atoms with E-state index in [0.717, 1.165) is 25.7 Å². The van der Waals surface area contributed by atoms with Crippen molar-refractivity contribution in [2.45, 2.75) is 44.2 Å². The molecule has 1 saturated heterocycles. The van der Waals surface area contributed by atoms with Crippen LogP contribution in [0.15, 0.2) is 17.5 Å². The predicted molar refractivity (Wildman–Crippen MR) is 72.3 cm³/mol. The highest BCUT2D eigenvalue weighted by molar-refractivity contribution is 7.12. The molecule has 1 aliphatic heterocycles. The summed E-state index contributed by atoms with van der Waals surface area (Å²) in [6.45, 7) is 0. The predicted octanol–water partition coefficient (Wildman–Crippen LogP) is 2.61. The van der Waals surface area contributed by atoms with Gasteiger partial charge in [0, 0.05) is 6.04 Å². The lowest BCUT2D eigenvalue weighted by Gasteiger charge is -2.32. The van der Waals surface area contributed by atoms with Gasteiger partial charge in [0.1, 0.15) is 6.04 Å². The Morgan fingerprint density at radius 3 is 2.79 bits per heavy atom. The molecule has 0 spiro atoms. The van der Waals surface area contributed by atoms with E-state index in [1.807, 2.05) is 11.4 Å². The van der Waals surface area contributed by atoms with Gasteiger partial charge in [-0.05, 0) is 36.6 Å². The molecule has 3 rings (SSSR count). The molecule has 1 N–H and O–H groups in total. The van der Waals surface area contributed by atoms with Crippen LogP contribution in [0.25, 0.3) is 0 Å². The molecule has 19 heavy (non-hydrogen) atoms. The number of fused-ring (bicyclic) bond motifs is 1. The monoisotopic (exact) mass is 279 g/mol. The summed E-state index contributed by atoms with van der Waals surface area (Å²) in [5, 5.41) is 11.2. The van der Waals surface area contributed by atoms with E-state index in [1.54, 1.807) is 11.0 Å². The molecule has 102 valence electrons. The maximum atomic E-state index is 12.6. The molecule has 0 radical (unpaired) electrons. The van der Waals surface area contributed by atoms with Gasteiger partial charge < -0.3 is 10.0 Å².